The normalized spacial score (nSPS) is 28.8. The fourth-order valence-electron chi connectivity index (χ4n) is 1.50. The first-order valence-corrected chi connectivity index (χ1v) is 6.08. The number of nitrogens with one attached hydrogen (secondary N) is 1. The Hall–Kier alpha value is -0.0900. The molecule has 3 unspecified atom stereocenters. The Kier molecular flexibility index (Phi) is 4.89. The van der Waals surface area contributed by atoms with Crippen molar-refractivity contribution < 1.29 is 9.53 Å². The van der Waals surface area contributed by atoms with Crippen LogP contribution >= 0.6 is 15.9 Å². The molecule has 1 aliphatic heterocycles. The number of hydrogen-bond donors (Lipinski definition) is 1. The Morgan fingerprint density at radius 2 is 2.43 bits per heavy atom. The lowest BCUT2D eigenvalue weighted by molar-refractivity contribution is -0.124. The zero-order chi connectivity index (χ0) is 10.6. The summed E-state index contributed by atoms with van der Waals surface area (Å²) in [6.07, 6.45) is 2.11. The molecule has 1 heterocycles. The summed E-state index contributed by atoms with van der Waals surface area (Å²) >= 11 is 3.48. The lowest BCUT2D eigenvalue weighted by Crippen LogP contribution is -2.34. The third-order valence-corrected chi connectivity index (χ3v) is 3.48. The van der Waals surface area contributed by atoms with Gasteiger partial charge in [-0.25, -0.2) is 0 Å². The second kappa shape index (κ2) is 5.71. The van der Waals surface area contributed by atoms with E-state index in [1.165, 1.54) is 0 Å². The number of alkyl halides is 1. The van der Waals surface area contributed by atoms with Crippen LogP contribution in [-0.2, 0) is 9.53 Å². The summed E-state index contributed by atoms with van der Waals surface area (Å²) in [6.45, 7) is 5.38. The molecular formula is C10H18BrNO2. The summed E-state index contributed by atoms with van der Waals surface area (Å²) in [7, 11) is 0. The minimum Gasteiger partial charge on any atom is -0.378 e. The second-order valence-electron chi connectivity index (χ2n) is 3.83. The molecule has 0 spiro atoms. The lowest BCUT2D eigenvalue weighted by atomic mass is 10.1. The molecule has 0 aromatic rings. The molecule has 1 saturated heterocycles. The van der Waals surface area contributed by atoms with Crippen LogP contribution in [0.4, 0.5) is 0 Å². The highest BCUT2D eigenvalue weighted by molar-refractivity contribution is 9.09. The first kappa shape index (κ1) is 12.0. The van der Waals surface area contributed by atoms with Gasteiger partial charge in [0.2, 0.25) is 5.91 Å². The summed E-state index contributed by atoms with van der Waals surface area (Å²) in [6, 6.07) is 0. The van der Waals surface area contributed by atoms with Crippen molar-refractivity contribution in [2.75, 3.05) is 13.2 Å². The predicted molar refractivity (Wildman–Crippen MR) is 59.5 cm³/mol. The van der Waals surface area contributed by atoms with Gasteiger partial charge < -0.3 is 10.1 Å². The Morgan fingerprint density at radius 3 is 2.93 bits per heavy atom. The number of hydrogen-bond acceptors (Lipinski definition) is 2. The van der Waals surface area contributed by atoms with Crippen LogP contribution in [0.15, 0.2) is 0 Å². The molecule has 1 amide bonds. The average Bonchev–Trinajstić information content (AvgIpc) is 2.60. The maximum absolute atomic E-state index is 11.6. The van der Waals surface area contributed by atoms with E-state index in [9.17, 15) is 4.79 Å². The van der Waals surface area contributed by atoms with Crippen molar-refractivity contribution in [1.82, 2.24) is 5.32 Å². The summed E-state index contributed by atoms with van der Waals surface area (Å²) < 4.78 is 5.35. The highest BCUT2D eigenvalue weighted by Crippen LogP contribution is 2.19. The van der Waals surface area contributed by atoms with E-state index in [-0.39, 0.29) is 17.9 Å². The largest absolute Gasteiger partial charge is 0.378 e. The minimum atomic E-state index is 0.0570. The van der Waals surface area contributed by atoms with Gasteiger partial charge in [0, 0.05) is 11.4 Å². The molecule has 3 atom stereocenters. The van der Waals surface area contributed by atoms with E-state index >= 15 is 0 Å². The third kappa shape index (κ3) is 3.58. The third-order valence-electron chi connectivity index (χ3n) is 2.51. The number of halogens is 1. The number of ether oxygens (including phenoxy) is 1. The molecular weight excluding hydrogens is 246 g/mol. The SMILES string of the molecule is CCC(Br)CNC(=O)C1COC(C)C1. The number of rotatable bonds is 4. The summed E-state index contributed by atoms with van der Waals surface area (Å²) in [4.78, 5) is 12.0. The molecule has 0 saturated carbocycles. The summed E-state index contributed by atoms with van der Waals surface area (Å²) in [5, 5.41) is 2.93. The summed E-state index contributed by atoms with van der Waals surface area (Å²) in [5.74, 6) is 0.189. The molecule has 0 radical (unpaired) electrons. The number of carbonyl (C=O) groups is 1. The van der Waals surface area contributed by atoms with Crippen molar-refractivity contribution in [3.8, 4) is 0 Å². The molecule has 3 nitrogen and oxygen atoms in total. The van der Waals surface area contributed by atoms with E-state index in [0.29, 0.717) is 18.0 Å². The van der Waals surface area contributed by atoms with Gasteiger partial charge in [0.1, 0.15) is 0 Å². The maximum atomic E-state index is 11.6. The van der Waals surface area contributed by atoms with Crippen LogP contribution in [0, 0.1) is 5.92 Å². The molecule has 0 bridgehead atoms. The number of carbonyl (C=O) groups excluding carboxylic acids is 1. The van der Waals surface area contributed by atoms with Gasteiger partial charge >= 0.3 is 0 Å². The molecule has 1 N–H and O–H groups in total. The predicted octanol–water partition coefficient (Wildman–Crippen LogP) is 1.70. The summed E-state index contributed by atoms with van der Waals surface area (Å²) in [5.41, 5.74) is 0. The van der Waals surface area contributed by atoms with Crippen LogP contribution in [-0.4, -0.2) is 30.0 Å². The van der Waals surface area contributed by atoms with Crippen molar-refractivity contribution in [2.45, 2.75) is 37.6 Å². The molecule has 4 heteroatoms. The van der Waals surface area contributed by atoms with Crippen molar-refractivity contribution in [3.05, 3.63) is 0 Å². The monoisotopic (exact) mass is 263 g/mol. The van der Waals surface area contributed by atoms with Crippen LogP contribution in [0.2, 0.25) is 0 Å². The topological polar surface area (TPSA) is 38.3 Å². The van der Waals surface area contributed by atoms with Gasteiger partial charge in [-0.05, 0) is 19.8 Å². The van der Waals surface area contributed by atoms with E-state index in [1.54, 1.807) is 0 Å². The van der Waals surface area contributed by atoms with Crippen LogP contribution in [0.5, 0.6) is 0 Å². The quantitative estimate of drug-likeness (QED) is 0.785. The van der Waals surface area contributed by atoms with Crippen molar-refractivity contribution >= 4 is 21.8 Å². The zero-order valence-electron chi connectivity index (χ0n) is 8.75. The van der Waals surface area contributed by atoms with Gasteiger partial charge in [-0.15, -0.1) is 0 Å². The Balaban J connectivity index is 2.22. The van der Waals surface area contributed by atoms with E-state index in [1.807, 2.05) is 6.92 Å². The fraction of sp³-hybridized carbons (Fsp3) is 0.900. The molecule has 0 aromatic carbocycles. The molecule has 0 aromatic heterocycles. The van der Waals surface area contributed by atoms with Crippen LogP contribution in [0.3, 0.4) is 0 Å². The highest BCUT2D eigenvalue weighted by atomic mass is 79.9. The van der Waals surface area contributed by atoms with Crippen molar-refractivity contribution in [3.63, 3.8) is 0 Å². The minimum absolute atomic E-state index is 0.0570. The van der Waals surface area contributed by atoms with Gasteiger partial charge in [-0.2, -0.15) is 0 Å². The van der Waals surface area contributed by atoms with Crippen LogP contribution in [0.1, 0.15) is 26.7 Å². The Morgan fingerprint density at radius 1 is 1.71 bits per heavy atom. The highest BCUT2D eigenvalue weighted by Gasteiger charge is 2.27. The van der Waals surface area contributed by atoms with Gasteiger partial charge in [-0.1, -0.05) is 22.9 Å². The smallest absolute Gasteiger partial charge is 0.225 e. The second-order valence-corrected chi connectivity index (χ2v) is 5.12. The van der Waals surface area contributed by atoms with E-state index < -0.39 is 0 Å². The van der Waals surface area contributed by atoms with Crippen LogP contribution in [0.25, 0.3) is 0 Å². The first-order valence-electron chi connectivity index (χ1n) is 5.16. The van der Waals surface area contributed by atoms with E-state index in [0.717, 1.165) is 12.8 Å². The van der Waals surface area contributed by atoms with Crippen molar-refractivity contribution in [1.29, 1.82) is 0 Å². The molecule has 1 rings (SSSR count). The van der Waals surface area contributed by atoms with Gasteiger partial charge in [0.25, 0.3) is 0 Å². The Labute approximate surface area is 93.7 Å². The van der Waals surface area contributed by atoms with Crippen molar-refractivity contribution in [2.24, 2.45) is 5.92 Å². The van der Waals surface area contributed by atoms with Gasteiger partial charge in [0.05, 0.1) is 18.6 Å². The van der Waals surface area contributed by atoms with Gasteiger partial charge in [0.15, 0.2) is 0 Å². The Bertz CT molecular complexity index is 199. The molecule has 1 fully saturated rings. The van der Waals surface area contributed by atoms with E-state index in [2.05, 4.69) is 28.2 Å². The standard InChI is InChI=1S/C10H18BrNO2/c1-3-9(11)5-12-10(13)8-4-7(2)14-6-8/h7-9H,3-6H2,1-2H3,(H,12,13). The van der Waals surface area contributed by atoms with E-state index in [4.69, 9.17) is 4.74 Å². The first-order chi connectivity index (χ1) is 6.63. The zero-order valence-corrected chi connectivity index (χ0v) is 10.3. The fourth-order valence-corrected chi connectivity index (χ4v) is 1.66. The molecule has 1 aliphatic rings. The van der Waals surface area contributed by atoms with Crippen LogP contribution < -0.4 is 5.32 Å². The number of amides is 1. The molecule has 82 valence electrons. The molecule has 0 aliphatic carbocycles. The van der Waals surface area contributed by atoms with Gasteiger partial charge in [-0.3, -0.25) is 4.79 Å². The maximum Gasteiger partial charge on any atom is 0.225 e. The average molecular weight is 264 g/mol. The lowest BCUT2D eigenvalue weighted by Gasteiger charge is -2.11. The molecule has 14 heavy (non-hydrogen) atoms.